The standard InChI is InChI=1S/C26H6BF42NO2/c28-7(29,9(32,33)11(36,37)13(40,41)15(44,45)17(48,49)19(52,53)21(56,57)23(60,61)25(64,65)66)4-1-3(27(71)72)2-5(70)6(4)8(30,31)10(34,35)12(38,39)14(42,43)16(46,47)18(50,51)20(54,55)22(58,59)24(62,63)26(67,68)69/h1-2,71-72H,70H2. The fourth-order valence-electron chi connectivity index (χ4n) is 4.88. The topological polar surface area (TPSA) is 66.5 Å². The van der Waals surface area contributed by atoms with Crippen LogP contribution in [0.3, 0.4) is 0 Å². The number of hydrogen-bond acceptors (Lipinski definition) is 3. The molecule has 0 heterocycles. The van der Waals surface area contributed by atoms with Crippen molar-refractivity contribution < 1.29 is 194 Å². The number of nitrogens with two attached hydrogens (primary N) is 1. The van der Waals surface area contributed by atoms with Gasteiger partial charge in [-0.3, -0.25) is 0 Å². The molecule has 0 bridgehead atoms. The minimum absolute atomic E-state index is 1.44. The number of rotatable bonds is 19. The number of benzene rings is 1. The van der Waals surface area contributed by atoms with Crippen LogP contribution in [0.5, 0.6) is 0 Å². The van der Waals surface area contributed by atoms with E-state index in [1.165, 1.54) is 0 Å². The van der Waals surface area contributed by atoms with Gasteiger partial charge in [-0.1, -0.05) is 6.07 Å². The number of nitrogen functional groups attached to an aromatic ring is 1. The van der Waals surface area contributed by atoms with Gasteiger partial charge in [-0.2, -0.15) is 184 Å². The van der Waals surface area contributed by atoms with Gasteiger partial charge < -0.3 is 15.8 Å². The van der Waals surface area contributed by atoms with E-state index in [4.69, 9.17) is 10.0 Å². The molecular formula is C26H6BF42NO2. The van der Waals surface area contributed by atoms with Gasteiger partial charge in [0.15, 0.2) is 0 Å². The predicted molar refractivity (Wildman–Crippen MR) is 140 cm³/mol. The van der Waals surface area contributed by atoms with Gasteiger partial charge >= 0.3 is 126 Å². The van der Waals surface area contributed by atoms with Gasteiger partial charge in [0.2, 0.25) is 0 Å². The molecule has 0 aliphatic heterocycles. The third-order valence-corrected chi connectivity index (χ3v) is 9.16. The SMILES string of the molecule is Nc1cc(B(O)O)cc(C(F)(F)C(F)(F)C(F)(F)C(F)(F)C(F)(F)C(F)(F)C(F)(F)C(F)(F)C(F)(F)C(F)(F)F)c1C(F)(F)C(F)(F)C(F)(F)C(F)(F)C(F)(F)C(F)(F)C(F)(F)C(F)(F)C(F)(F)C(F)(F)F. The van der Waals surface area contributed by atoms with E-state index in [0.29, 0.717) is 0 Å². The quantitative estimate of drug-likeness (QED) is 0.0735. The van der Waals surface area contributed by atoms with Crippen molar-refractivity contribution in [1.82, 2.24) is 0 Å². The third kappa shape index (κ3) is 7.74. The Hall–Kier alpha value is -3.94. The summed E-state index contributed by atoms with van der Waals surface area (Å²) in [5.74, 6) is -175. The molecule has 424 valence electrons. The Kier molecular flexibility index (Phi) is 15.2. The molecule has 0 atom stereocenters. The van der Waals surface area contributed by atoms with Crippen LogP contribution in [-0.4, -0.2) is 124 Å². The fourth-order valence-corrected chi connectivity index (χ4v) is 4.88. The van der Waals surface area contributed by atoms with Crippen LogP contribution in [-0.2, 0) is 11.8 Å². The summed E-state index contributed by atoms with van der Waals surface area (Å²) in [6.45, 7) is 0. The van der Waals surface area contributed by atoms with Crippen LogP contribution in [0, 0.1) is 0 Å². The normalized spacial score (nSPS) is 16.7. The van der Waals surface area contributed by atoms with Crippen LogP contribution >= 0.6 is 0 Å². The van der Waals surface area contributed by atoms with Crippen molar-refractivity contribution >= 4 is 18.3 Å². The Bertz CT molecular complexity index is 2160. The van der Waals surface area contributed by atoms with E-state index in [2.05, 4.69) is 5.73 Å². The first-order valence-corrected chi connectivity index (χ1v) is 15.7. The summed E-state index contributed by atoms with van der Waals surface area (Å²) in [5.41, 5.74) is -12.9. The Balaban J connectivity index is 4.53. The van der Waals surface area contributed by atoms with E-state index in [-0.39, 0.29) is 0 Å². The molecule has 0 aliphatic carbocycles. The Morgan fingerprint density at radius 1 is 0.264 bits per heavy atom. The van der Waals surface area contributed by atoms with Crippen LogP contribution in [0.25, 0.3) is 0 Å². The number of hydrogen-bond donors (Lipinski definition) is 3. The highest BCUT2D eigenvalue weighted by Crippen LogP contribution is 2.70. The first kappa shape index (κ1) is 66.1. The summed E-state index contributed by atoms with van der Waals surface area (Å²) in [4.78, 5) is 0. The number of anilines is 1. The summed E-state index contributed by atoms with van der Waals surface area (Å²) >= 11 is 0. The highest BCUT2D eigenvalue weighted by atomic mass is 19.5. The van der Waals surface area contributed by atoms with Crippen molar-refractivity contribution in [3.8, 4) is 0 Å². The van der Waals surface area contributed by atoms with E-state index < -0.39 is 160 Å². The first-order chi connectivity index (χ1) is 30.4. The van der Waals surface area contributed by atoms with Crippen LogP contribution < -0.4 is 11.2 Å². The Morgan fingerprint density at radius 3 is 0.639 bits per heavy atom. The van der Waals surface area contributed by atoms with Crippen molar-refractivity contribution in [2.45, 2.75) is 119 Å². The highest BCUT2D eigenvalue weighted by molar-refractivity contribution is 6.58. The summed E-state index contributed by atoms with van der Waals surface area (Å²) in [5, 5.41) is 18.0. The second-order valence-corrected chi connectivity index (χ2v) is 13.7. The van der Waals surface area contributed by atoms with Crippen molar-refractivity contribution in [3.05, 3.63) is 23.3 Å². The zero-order valence-corrected chi connectivity index (χ0v) is 31.1. The molecule has 0 aromatic heterocycles. The van der Waals surface area contributed by atoms with Gasteiger partial charge in [0.1, 0.15) is 0 Å². The lowest BCUT2D eigenvalue weighted by atomic mass is 9.74. The summed E-state index contributed by atoms with van der Waals surface area (Å²) in [7, 11) is -4.22. The zero-order chi connectivity index (χ0) is 59.3. The van der Waals surface area contributed by atoms with E-state index in [1.807, 2.05) is 0 Å². The highest BCUT2D eigenvalue weighted by Gasteiger charge is 3.00. The predicted octanol–water partition coefficient (Wildman–Crippen LogP) is 12.4. The number of alkyl halides is 42. The monoisotopic (exact) mass is 1170 g/mol. The molecule has 0 fully saturated rings. The Labute approximate surface area is 362 Å². The lowest BCUT2D eigenvalue weighted by molar-refractivity contribution is -0.475. The fraction of sp³-hybridized carbons (Fsp3) is 0.769. The molecule has 0 aliphatic rings. The second-order valence-electron chi connectivity index (χ2n) is 13.7. The molecule has 46 heteroatoms. The van der Waals surface area contributed by atoms with E-state index in [0.717, 1.165) is 0 Å². The maximum Gasteiger partial charge on any atom is 0.488 e. The second kappa shape index (κ2) is 16.5. The zero-order valence-electron chi connectivity index (χ0n) is 31.1. The van der Waals surface area contributed by atoms with Crippen molar-refractivity contribution in [2.24, 2.45) is 0 Å². The molecule has 1 rings (SSSR count). The molecular weight excluding hydrogens is 1170 g/mol. The van der Waals surface area contributed by atoms with Crippen LogP contribution in [0.15, 0.2) is 12.1 Å². The van der Waals surface area contributed by atoms with E-state index in [9.17, 15) is 167 Å². The average molecular weight is 1170 g/mol. The lowest BCUT2D eigenvalue weighted by Gasteiger charge is -2.45. The molecule has 72 heavy (non-hydrogen) atoms. The lowest BCUT2D eigenvalue weighted by Crippen LogP contribution is -2.77. The third-order valence-electron chi connectivity index (χ3n) is 9.16. The van der Waals surface area contributed by atoms with Gasteiger partial charge in [-0.15, -0.1) is 0 Å². The smallest absolute Gasteiger partial charge is 0.423 e. The molecule has 1 aromatic carbocycles. The number of halogens is 42. The minimum atomic E-state index is -10.1. The van der Waals surface area contributed by atoms with Crippen LogP contribution in [0.2, 0.25) is 0 Å². The van der Waals surface area contributed by atoms with E-state index >= 15 is 17.6 Å². The summed E-state index contributed by atoms with van der Waals surface area (Å²) in [6, 6.07) is -3.74. The average Bonchev–Trinajstić information content (AvgIpc) is 3.14. The largest absolute Gasteiger partial charge is 0.488 e. The molecule has 0 radical (unpaired) electrons. The summed E-state index contributed by atoms with van der Waals surface area (Å²) in [6.07, 6.45) is -17.0. The first-order valence-electron chi connectivity index (χ1n) is 15.7. The van der Waals surface area contributed by atoms with Gasteiger partial charge in [0.25, 0.3) is 0 Å². The molecule has 0 saturated heterocycles. The van der Waals surface area contributed by atoms with Crippen LogP contribution in [0.1, 0.15) is 11.1 Å². The van der Waals surface area contributed by atoms with Crippen LogP contribution in [0.4, 0.5) is 190 Å². The maximum absolute atomic E-state index is 15.3. The molecule has 4 N–H and O–H groups in total. The van der Waals surface area contributed by atoms with Gasteiger partial charge in [0.05, 0.1) is 5.56 Å². The van der Waals surface area contributed by atoms with Crippen molar-refractivity contribution in [3.63, 3.8) is 0 Å². The Morgan fingerprint density at radius 2 is 0.444 bits per heavy atom. The molecule has 0 unspecified atom stereocenters. The minimum Gasteiger partial charge on any atom is -0.423 e. The van der Waals surface area contributed by atoms with Crippen molar-refractivity contribution in [2.75, 3.05) is 5.73 Å². The van der Waals surface area contributed by atoms with Gasteiger partial charge in [-0.05, 0) is 11.5 Å². The molecule has 3 nitrogen and oxygen atoms in total. The molecule has 1 aromatic rings. The van der Waals surface area contributed by atoms with E-state index in [1.54, 1.807) is 0 Å². The molecule has 0 saturated carbocycles. The molecule has 0 amide bonds. The van der Waals surface area contributed by atoms with Gasteiger partial charge in [-0.25, -0.2) is 0 Å². The summed E-state index contributed by atoms with van der Waals surface area (Å²) < 4.78 is 584. The molecule has 0 spiro atoms. The van der Waals surface area contributed by atoms with Gasteiger partial charge in [0, 0.05) is 11.3 Å². The maximum atomic E-state index is 15.3. The van der Waals surface area contributed by atoms with Crippen molar-refractivity contribution in [1.29, 1.82) is 0 Å².